The number of methoxy groups -OCH3 is 1. The molecule has 0 radical (unpaired) electrons. The Balaban J connectivity index is 2.10. The van der Waals surface area contributed by atoms with Gasteiger partial charge in [-0.05, 0) is 31.9 Å². The second kappa shape index (κ2) is 6.46. The third-order valence-electron chi connectivity index (χ3n) is 3.95. The highest BCUT2D eigenvalue weighted by Gasteiger charge is 2.30. The van der Waals surface area contributed by atoms with Crippen molar-refractivity contribution in [1.29, 1.82) is 0 Å². The Morgan fingerprint density at radius 1 is 1.25 bits per heavy atom. The van der Waals surface area contributed by atoms with Crippen molar-refractivity contribution in [3.05, 3.63) is 23.8 Å². The fraction of sp³-hybridized carbons (Fsp3) is 0.625. The van der Waals surface area contributed by atoms with E-state index in [2.05, 4.69) is 0 Å². The van der Waals surface area contributed by atoms with Crippen molar-refractivity contribution in [3.8, 4) is 11.5 Å². The van der Waals surface area contributed by atoms with E-state index in [4.69, 9.17) is 9.47 Å². The van der Waals surface area contributed by atoms with Gasteiger partial charge in [-0.15, -0.1) is 0 Å². The molecule has 0 aliphatic heterocycles. The van der Waals surface area contributed by atoms with Gasteiger partial charge < -0.3 is 19.7 Å². The Morgan fingerprint density at radius 3 is 2.55 bits per heavy atom. The van der Waals surface area contributed by atoms with Gasteiger partial charge in [-0.3, -0.25) is 0 Å². The van der Waals surface area contributed by atoms with Gasteiger partial charge in [-0.2, -0.15) is 0 Å². The molecule has 0 spiro atoms. The second-order valence-electron chi connectivity index (χ2n) is 5.65. The number of ether oxygens (including phenoxy) is 2. The summed E-state index contributed by atoms with van der Waals surface area (Å²) in [6.07, 6.45) is 4.21. The van der Waals surface area contributed by atoms with Gasteiger partial charge in [-0.1, -0.05) is 19.3 Å². The highest BCUT2D eigenvalue weighted by Crippen LogP contribution is 2.33. The highest BCUT2D eigenvalue weighted by molar-refractivity contribution is 5.41. The molecular weight excluding hydrogens is 256 g/mol. The van der Waals surface area contributed by atoms with Crippen molar-refractivity contribution >= 4 is 0 Å². The first-order chi connectivity index (χ1) is 9.54. The van der Waals surface area contributed by atoms with Crippen LogP contribution in [0.1, 0.15) is 50.7 Å². The molecule has 2 N–H and O–H groups in total. The minimum atomic E-state index is -0.739. The lowest BCUT2D eigenvalue weighted by Crippen LogP contribution is -2.38. The van der Waals surface area contributed by atoms with Crippen LogP contribution in [0.25, 0.3) is 0 Å². The summed E-state index contributed by atoms with van der Waals surface area (Å²) in [5.74, 6) is 1.26. The van der Waals surface area contributed by atoms with E-state index in [9.17, 15) is 10.2 Å². The maximum atomic E-state index is 10.5. The van der Waals surface area contributed by atoms with Crippen LogP contribution < -0.4 is 9.47 Å². The molecule has 0 bridgehead atoms. The zero-order chi connectivity index (χ0) is 14.6. The van der Waals surface area contributed by atoms with E-state index in [0.717, 1.165) is 25.7 Å². The van der Waals surface area contributed by atoms with Crippen molar-refractivity contribution in [1.82, 2.24) is 0 Å². The lowest BCUT2D eigenvalue weighted by molar-refractivity contribution is -0.0345. The molecule has 4 nitrogen and oxygen atoms in total. The summed E-state index contributed by atoms with van der Waals surface area (Å²) in [5, 5.41) is 20.3. The molecular formula is C16H24O4. The molecule has 0 unspecified atom stereocenters. The lowest BCUT2D eigenvalue weighted by Gasteiger charge is -2.32. The molecule has 4 heteroatoms. The quantitative estimate of drug-likeness (QED) is 0.870. The summed E-state index contributed by atoms with van der Waals surface area (Å²) in [6.45, 7) is 1.96. The zero-order valence-corrected chi connectivity index (χ0v) is 12.3. The average molecular weight is 280 g/mol. The largest absolute Gasteiger partial charge is 0.497 e. The van der Waals surface area contributed by atoms with E-state index in [0.29, 0.717) is 17.1 Å². The molecule has 1 fully saturated rings. The summed E-state index contributed by atoms with van der Waals surface area (Å²) < 4.78 is 11.0. The Bertz CT molecular complexity index is 436. The van der Waals surface area contributed by atoms with Crippen LogP contribution in [0.2, 0.25) is 0 Å². The normalized spacial score (nSPS) is 19.4. The maximum Gasteiger partial charge on any atom is 0.128 e. The minimum Gasteiger partial charge on any atom is -0.497 e. The first-order valence-corrected chi connectivity index (χ1v) is 7.25. The van der Waals surface area contributed by atoms with Crippen LogP contribution >= 0.6 is 0 Å². The summed E-state index contributed by atoms with van der Waals surface area (Å²) in [4.78, 5) is 0. The molecule has 1 aliphatic rings. The van der Waals surface area contributed by atoms with Crippen molar-refractivity contribution in [3.63, 3.8) is 0 Å². The van der Waals surface area contributed by atoms with Gasteiger partial charge in [0.2, 0.25) is 0 Å². The molecule has 2 rings (SSSR count). The molecule has 0 saturated heterocycles. The van der Waals surface area contributed by atoms with Crippen molar-refractivity contribution in [2.45, 2.75) is 50.7 Å². The monoisotopic (exact) mass is 280 g/mol. The van der Waals surface area contributed by atoms with Gasteiger partial charge in [0.1, 0.15) is 18.1 Å². The molecule has 1 aliphatic carbocycles. The fourth-order valence-electron chi connectivity index (χ4n) is 2.68. The summed E-state index contributed by atoms with van der Waals surface area (Å²) in [5.41, 5.74) is -0.0256. The fourth-order valence-corrected chi connectivity index (χ4v) is 2.68. The highest BCUT2D eigenvalue weighted by atomic mass is 16.5. The number of benzene rings is 1. The molecule has 112 valence electrons. The van der Waals surface area contributed by atoms with Crippen LogP contribution in [0.5, 0.6) is 11.5 Å². The number of rotatable bonds is 5. The van der Waals surface area contributed by atoms with Gasteiger partial charge in [0.15, 0.2) is 0 Å². The van der Waals surface area contributed by atoms with E-state index in [-0.39, 0.29) is 6.61 Å². The molecule has 0 aromatic heterocycles. The van der Waals surface area contributed by atoms with Crippen molar-refractivity contribution < 1.29 is 19.7 Å². The van der Waals surface area contributed by atoms with Gasteiger partial charge in [0, 0.05) is 11.6 Å². The number of aliphatic hydroxyl groups excluding tert-OH is 1. The Kier molecular flexibility index (Phi) is 4.89. The zero-order valence-electron chi connectivity index (χ0n) is 12.3. The van der Waals surface area contributed by atoms with Crippen LogP contribution in [0.4, 0.5) is 0 Å². The average Bonchev–Trinajstić information content (AvgIpc) is 2.45. The van der Waals surface area contributed by atoms with Crippen LogP contribution in [0, 0.1) is 0 Å². The predicted octanol–water partition coefficient (Wildman–Crippen LogP) is 2.82. The minimum absolute atomic E-state index is 0.264. The van der Waals surface area contributed by atoms with E-state index < -0.39 is 11.7 Å². The Labute approximate surface area is 120 Å². The van der Waals surface area contributed by atoms with Crippen LogP contribution in [-0.4, -0.2) is 29.5 Å². The summed E-state index contributed by atoms with van der Waals surface area (Å²) in [6, 6.07) is 5.35. The smallest absolute Gasteiger partial charge is 0.128 e. The molecule has 1 saturated carbocycles. The standard InChI is InChI=1S/C16H24O4/c1-12(17)14-7-6-13(19-2)10-15(14)20-11-16(18)8-4-3-5-9-16/h6-7,10,12,17-18H,3-5,8-9,11H2,1-2H3/t12-/m0/s1. The van der Waals surface area contributed by atoms with Crippen molar-refractivity contribution in [2.24, 2.45) is 0 Å². The van der Waals surface area contributed by atoms with Crippen LogP contribution in [-0.2, 0) is 0 Å². The topological polar surface area (TPSA) is 58.9 Å². The number of hydrogen-bond donors (Lipinski definition) is 2. The van der Waals surface area contributed by atoms with E-state index in [1.54, 1.807) is 32.2 Å². The van der Waals surface area contributed by atoms with Gasteiger partial charge in [0.25, 0.3) is 0 Å². The molecule has 0 heterocycles. The molecule has 20 heavy (non-hydrogen) atoms. The van der Waals surface area contributed by atoms with E-state index in [1.165, 1.54) is 6.42 Å². The first kappa shape index (κ1) is 15.1. The third-order valence-corrected chi connectivity index (χ3v) is 3.95. The molecule has 0 amide bonds. The van der Waals surface area contributed by atoms with Crippen molar-refractivity contribution in [2.75, 3.05) is 13.7 Å². The third kappa shape index (κ3) is 3.64. The predicted molar refractivity (Wildman–Crippen MR) is 77.2 cm³/mol. The van der Waals surface area contributed by atoms with E-state index >= 15 is 0 Å². The Hall–Kier alpha value is -1.26. The van der Waals surface area contributed by atoms with Gasteiger partial charge >= 0.3 is 0 Å². The number of hydrogen-bond acceptors (Lipinski definition) is 4. The van der Waals surface area contributed by atoms with Crippen LogP contribution in [0.15, 0.2) is 18.2 Å². The molecule has 1 aromatic carbocycles. The van der Waals surface area contributed by atoms with Gasteiger partial charge in [-0.25, -0.2) is 0 Å². The number of aliphatic hydroxyl groups is 2. The lowest BCUT2D eigenvalue weighted by atomic mass is 9.85. The maximum absolute atomic E-state index is 10.5. The second-order valence-corrected chi connectivity index (χ2v) is 5.65. The Morgan fingerprint density at radius 2 is 1.95 bits per heavy atom. The first-order valence-electron chi connectivity index (χ1n) is 7.25. The van der Waals surface area contributed by atoms with E-state index in [1.807, 2.05) is 0 Å². The van der Waals surface area contributed by atoms with Crippen LogP contribution in [0.3, 0.4) is 0 Å². The summed E-state index contributed by atoms with van der Waals surface area (Å²) >= 11 is 0. The molecule has 1 atom stereocenters. The summed E-state index contributed by atoms with van der Waals surface area (Å²) in [7, 11) is 1.59. The SMILES string of the molecule is COc1ccc([C@H](C)O)c(OCC2(O)CCCCC2)c1. The van der Waals surface area contributed by atoms with Gasteiger partial charge in [0.05, 0.1) is 18.8 Å². The molecule has 1 aromatic rings.